The van der Waals surface area contributed by atoms with Crippen LogP contribution in [0.25, 0.3) is 0 Å². The van der Waals surface area contributed by atoms with Crippen molar-refractivity contribution >= 4 is 34.2 Å². The Labute approximate surface area is 175 Å². The fourth-order valence-corrected chi connectivity index (χ4v) is 6.40. The molecular weight excluding hydrogens is 519 g/mol. The van der Waals surface area contributed by atoms with Crippen LogP contribution in [0.3, 0.4) is 0 Å². The Balaban J connectivity index is 2.22. The number of phosphoric acid groups is 2. The number of aromatic amines is 1. The maximum atomic E-state index is 15.1. The van der Waals surface area contributed by atoms with Crippen molar-refractivity contribution in [2.45, 2.75) is 30.8 Å². The third kappa shape index (κ3) is 6.42. The maximum absolute atomic E-state index is 15.1. The van der Waals surface area contributed by atoms with Crippen molar-refractivity contribution in [3.63, 3.8) is 0 Å². The summed E-state index contributed by atoms with van der Waals surface area (Å²) in [6.45, 7) is -5.98. The molecule has 1 aromatic rings. The largest absolute Gasteiger partial charge is 0.488 e. The summed E-state index contributed by atoms with van der Waals surface area (Å²) in [7, 11) is -11.3. The molecule has 1 aliphatic heterocycles. The number of alkyl halides is 2. The standard InChI is InChI=1S/C10H15F2N2O13P3S/c1-9(11)6(16)10(12,25-7(9)14-3-2-5(15)13-8(14)17)4-24-30(23,31)27-29(21,22)26-28(18,19)20/h2-3,6-7,16H,4H2,1H3,(H,21,22)(H,23,31)(H,13,15,17)(H2,18,19,20)/t6-,7+,9+,10+,30?/m0/s1. The van der Waals surface area contributed by atoms with Crippen LogP contribution in [-0.4, -0.2) is 58.5 Å². The fraction of sp³-hybridized carbons (Fsp3) is 0.600. The van der Waals surface area contributed by atoms with Gasteiger partial charge < -0.3 is 33.9 Å². The normalized spacial score (nSPS) is 33.0. The molecule has 1 fully saturated rings. The van der Waals surface area contributed by atoms with Crippen molar-refractivity contribution in [2.24, 2.45) is 0 Å². The second-order valence-corrected chi connectivity index (χ2v) is 12.0. The Bertz CT molecular complexity index is 1100. The average molecular weight is 534 g/mol. The molecule has 0 saturated carbocycles. The van der Waals surface area contributed by atoms with Gasteiger partial charge in [-0.25, -0.2) is 27.0 Å². The molecule has 0 amide bonds. The van der Waals surface area contributed by atoms with E-state index in [-0.39, 0.29) is 0 Å². The van der Waals surface area contributed by atoms with Gasteiger partial charge in [-0.05, 0) is 18.7 Å². The van der Waals surface area contributed by atoms with Crippen molar-refractivity contribution in [3.05, 3.63) is 33.1 Å². The van der Waals surface area contributed by atoms with Crippen LogP contribution in [0.5, 0.6) is 0 Å². The van der Waals surface area contributed by atoms with Crippen molar-refractivity contribution in [1.82, 2.24) is 9.55 Å². The van der Waals surface area contributed by atoms with E-state index in [4.69, 9.17) is 19.4 Å². The molecule has 0 bridgehead atoms. The second-order valence-electron chi connectivity index (χ2n) is 6.19. The van der Waals surface area contributed by atoms with Gasteiger partial charge in [-0.15, -0.1) is 0 Å². The molecular formula is C10H15F2N2O13P3S. The van der Waals surface area contributed by atoms with E-state index in [1.807, 2.05) is 0 Å². The summed E-state index contributed by atoms with van der Waals surface area (Å²) in [4.78, 5) is 60.6. The molecule has 1 saturated heterocycles. The van der Waals surface area contributed by atoms with Gasteiger partial charge in [0.25, 0.3) is 11.4 Å². The van der Waals surface area contributed by atoms with Crippen LogP contribution < -0.4 is 11.2 Å². The molecule has 0 aliphatic carbocycles. The van der Waals surface area contributed by atoms with Crippen molar-refractivity contribution < 1.29 is 60.5 Å². The molecule has 6 atom stereocenters. The fourth-order valence-electron chi connectivity index (χ4n) is 2.45. The summed E-state index contributed by atoms with van der Waals surface area (Å²) in [6, 6.07) is 0.781. The highest BCUT2D eigenvalue weighted by Crippen LogP contribution is 2.66. The van der Waals surface area contributed by atoms with E-state index < -0.39 is 64.1 Å². The van der Waals surface area contributed by atoms with Gasteiger partial charge in [0.1, 0.15) is 6.61 Å². The van der Waals surface area contributed by atoms with Gasteiger partial charge in [0.15, 0.2) is 18.0 Å². The average Bonchev–Trinajstić information content (AvgIpc) is 2.71. The molecule has 178 valence electrons. The number of hydrogen-bond donors (Lipinski definition) is 6. The lowest BCUT2D eigenvalue weighted by atomic mass is 9.97. The van der Waals surface area contributed by atoms with Crippen molar-refractivity contribution in [3.8, 4) is 0 Å². The first-order chi connectivity index (χ1) is 13.8. The van der Waals surface area contributed by atoms with Gasteiger partial charge in [0, 0.05) is 12.3 Å². The molecule has 15 nitrogen and oxygen atoms in total. The number of aliphatic hydroxyl groups is 1. The molecule has 1 aliphatic rings. The number of aliphatic hydroxyl groups excluding tert-OH is 1. The van der Waals surface area contributed by atoms with E-state index in [0.717, 1.165) is 12.3 Å². The lowest BCUT2D eigenvalue weighted by Crippen LogP contribution is -2.47. The predicted octanol–water partition coefficient (Wildman–Crippen LogP) is -0.720. The molecule has 31 heavy (non-hydrogen) atoms. The minimum Gasteiger partial charge on any atom is -0.384 e. The molecule has 6 N–H and O–H groups in total. The molecule has 0 aromatic carbocycles. The van der Waals surface area contributed by atoms with Gasteiger partial charge in [0.2, 0.25) is 0 Å². The lowest BCUT2D eigenvalue weighted by molar-refractivity contribution is -0.203. The van der Waals surface area contributed by atoms with E-state index in [1.54, 1.807) is 4.98 Å². The monoisotopic (exact) mass is 534 g/mol. The first-order valence-electron chi connectivity index (χ1n) is 7.62. The minimum atomic E-state index is -5.70. The number of hydrogen-bond acceptors (Lipinski definition) is 10. The van der Waals surface area contributed by atoms with Gasteiger partial charge in [-0.3, -0.25) is 14.3 Å². The molecule has 2 rings (SSSR count). The zero-order valence-electron chi connectivity index (χ0n) is 15.0. The van der Waals surface area contributed by atoms with Gasteiger partial charge in [-0.2, -0.15) is 4.31 Å². The Morgan fingerprint density at radius 1 is 1.26 bits per heavy atom. The SMILES string of the molecule is C[C@]1(F)[C@H](n2ccc(=O)[nH]c2=O)O[C@](F)(COP(O)(=S)OP(=O)(O)OP(=O)(O)O)[C@H]1O. The number of nitrogens with one attached hydrogen (secondary N) is 1. The third-order valence-corrected chi connectivity index (χ3v) is 8.38. The van der Waals surface area contributed by atoms with E-state index >= 15 is 4.39 Å². The van der Waals surface area contributed by atoms with E-state index in [2.05, 4.69) is 25.0 Å². The number of rotatable bonds is 8. The van der Waals surface area contributed by atoms with Crippen LogP contribution in [0.4, 0.5) is 8.78 Å². The Kier molecular flexibility index (Phi) is 7.34. The zero-order chi connectivity index (χ0) is 24.0. The lowest BCUT2D eigenvalue weighted by Gasteiger charge is -2.26. The number of halogens is 2. The third-order valence-electron chi connectivity index (χ3n) is 3.68. The highest BCUT2D eigenvalue weighted by Gasteiger charge is 2.65. The topological polar surface area (TPSA) is 227 Å². The molecule has 2 unspecified atom stereocenters. The quantitative estimate of drug-likeness (QED) is 0.226. The van der Waals surface area contributed by atoms with Gasteiger partial charge in [0.05, 0.1) is 0 Å². The van der Waals surface area contributed by atoms with E-state index in [0.29, 0.717) is 11.5 Å². The maximum Gasteiger partial charge on any atom is 0.488 e. The van der Waals surface area contributed by atoms with Crippen LogP contribution in [0.15, 0.2) is 21.9 Å². The zero-order valence-corrected chi connectivity index (χ0v) is 18.5. The number of ether oxygens (including phenoxy) is 1. The first-order valence-corrected chi connectivity index (χ1v) is 13.2. The van der Waals surface area contributed by atoms with Gasteiger partial charge >= 0.3 is 28.1 Å². The summed E-state index contributed by atoms with van der Waals surface area (Å²) in [6.07, 6.45) is -4.09. The van der Waals surface area contributed by atoms with Crippen LogP contribution in [-0.2, 0) is 38.8 Å². The van der Waals surface area contributed by atoms with Crippen LogP contribution in [0, 0.1) is 0 Å². The summed E-state index contributed by atoms with van der Waals surface area (Å²) in [5, 5.41) is 10.0. The minimum absolute atomic E-state index is 0.410. The van der Waals surface area contributed by atoms with Crippen molar-refractivity contribution in [1.29, 1.82) is 0 Å². The number of nitrogens with zero attached hydrogens (tertiary/aromatic N) is 1. The predicted molar refractivity (Wildman–Crippen MR) is 97.3 cm³/mol. The molecule has 0 spiro atoms. The number of aromatic nitrogens is 2. The molecule has 2 heterocycles. The summed E-state index contributed by atoms with van der Waals surface area (Å²) in [5.74, 6) is -3.52. The van der Waals surface area contributed by atoms with E-state index in [9.17, 15) is 33.1 Å². The van der Waals surface area contributed by atoms with Crippen molar-refractivity contribution in [2.75, 3.05) is 6.61 Å². The summed E-state index contributed by atoms with van der Waals surface area (Å²) >= 11 is 4.28. The summed E-state index contributed by atoms with van der Waals surface area (Å²) < 4.78 is 68.9. The highest BCUT2D eigenvalue weighted by atomic mass is 32.5. The smallest absolute Gasteiger partial charge is 0.384 e. The van der Waals surface area contributed by atoms with Gasteiger partial charge in [-0.1, -0.05) is 0 Å². The molecule has 0 radical (unpaired) electrons. The molecule has 1 aromatic heterocycles. The molecule has 21 heteroatoms. The Morgan fingerprint density at radius 2 is 1.84 bits per heavy atom. The van der Waals surface area contributed by atoms with Crippen LogP contribution in [0.1, 0.15) is 13.2 Å². The Hall–Kier alpha value is -0.710. The second kappa shape index (κ2) is 8.57. The van der Waals surface area contributed by atoms with Crippen LogP contribution >= 0.6 is 22.4 Å². The van der Waals surface area contributed by atoms with E-state index in [1.165, 1.54) is 0 Å². The first kappa shape index (κ1) is 26.5. The number of H-pyrrole nitrogens is 1. The Morgan fingerprint density at radius 3 is 2.35 bits per heavy atom. The summed E-state index contributed by atoms with van der Waals surface area (Å²) in [5.41, 5.74) is -5.10. The van der Waals surface area contributed by atoms with Crippen LogP contribution in [0.2, 0.25) is 0 Å². The highest BCUT2D eigenvalue weighted by molar-refractivity contribution is 8.08.